The Kier molecular flexibility index (Phi) is 4.83. The highest BCUT2D eigenvalue weighted by Gasteiger charge is 2.42. The lowest BCUT2D eigenvalue weighted by Gasteiger charge is -2.18. The van der Waals surface area contributed by atoms with Gasteiger partial charge in [-0.2, -0.15) is 18.7 Å². The van der Waals surface area contributed by atoms with Crippen LogP contribution in [0.25, 0.3) is 0 Å². The summed E-state index contributed by atoms with van der Waals surface area (Å²) in [5, 5.41) is 2.52. The zero-order chi connectivity index (χ0) is 18.7. The largest absolute Gasteiger partial charge is 0.416 e. The van der Waals surface area contributed by atoms with Crippen LogP contribution < -0.4 is 15.6 Å². The molecule has 5 nitrogen and oxygen atoms in total. The van der Waals surface area contributed by atoms with Gasteiger partial charge in [-0.3, -0.25) is 9.59 Å². The zero-order valence-electron chi connectivity index (χ0n) is 13.4. The smallest absolute Gasteiger partial charge is 0.380 e. The first kappa shape index (κ1) is 17.8. The molecule has 2 amide bonds. The molecule has 0 unspecified atom stereocenters. The molecular formula is C18H15F3N2O3. The van der Waals surface area contributed by atoms with Crippen molar-refractivity contribution in [1.82, 2.24) is 10.8 Å². The average molecular weight is 364 g/mol. The number of carbonyl (C=O) groups excluding carboxylic acids is 2. The van der Waals surface area contributed by atoms with Gasteiger partial charge in [0.2, 0.25) is 5.91 Å². The van der Waals surface area contributed by atoms with Crippen molar-refractivity contribution in [1.29, 1.82) is 0 Å². The third kappa shape index (κ3) is 3.79. The summed E-state index contributed by atoms with van der Waals surface area (Å²) in [5.74, 6) is -2.80. The van der Waals surface area contributed by atoms with Crippen LogP contribution in [0.4, 0.5) is 13.2 Å². The Morgan fingerprint density at radius 1 is 1.12 bits per heavy atom. The fraction of sp³-hybridized carbons (Fsp3) is 0.222. The van der Waals surface area contributed by atoms with Crippen LogP contribution in [0.3, 0.4) is 0 Å². The highest BCUT2D eigenvalue weighted by Crippen LogP contribution is 2.34. The van der Waals surface area contributed by atoms with E-state index in [1.54, 1.807) is 30.3 Å². The van der Waals surface area contributed by atoms with E-state index in [2.05, 4.69) is 10.8 Å². The Labute approximate surface area is 147 Å². The lowest BCUT2D eigenvalue weighted by atomic mass is 9.87. The van der Waals surface area contributed by atoms with E-state index in [0.717, 1.165) is 12.1 Å². The summed E-state index contributed by atoms with van der Waals surface area (Å²) in [7, 11) is 0. The summed E-state index contributed by atoms with van der Waals surface area (Å²) in [6, 6.07) is 13.0. The van der Waals surface area contributed by atoms with Crippen LogP contribution in [-0.2, 0) is 15.8 Å². The van der Waals surface area contributed by atoms with E-state index in [1.807, 2.05) is 0 Å². The minimum absolute atomic E-state index is 0.0730. The van der Waals surface area contributed by atoms with Crippen molar-refractivity contribution >= 4 is 11.8 Å². The maximum atomic E-state index is 12.9. The van der Waals surface area contributed by atoms with Crippen molar-refractivity contribution < 1.29 is 27.6 Å². The molecule has 2 N–H and O–H groups in total. The molecule has 1 fully saturated rings. The van der Waals surface area contributed by atoms with Crippen LogP contribution in [0.1, 0.15) is 17.0 Å². The van der Waals surface area contributed by atoms with Crippen LogP contribution in [0.5, 0.6) is 5.75 Å². The highest BCUT2D eigenvalue weighted by atomic mass is 19.4. The number of halogens is 3. The van der Waals surface area contributed by atoms with Gasteiger partial charge in [-0.1, -0.05) is 36.4 Å². The van der Waals surface area contributed by atoms with Gasteiger partial charge in [-0.25, -0.2) is 0 Å². The van der Waals surface area contributed by atoms with Gasteiger partial charge in [0.1, 0.15) is 5.92 Å². The molecule has 1 heterocycles. The van der Waals surface area contributed by atoms with Gasteiger partial charge in [-0.05, 0) is 23.8 Å². The number of hydroxylamine groups is 1. The fourth-order valence-corrected chi connectivity index (χ4v) is 2.84. The van der Waals surface area contributed by atoms with E-state index in [4.69, 9.17) is 4.84 Å². The summed E-state index contributed by atoms with van der Waals surface area (Å²) in [6.07, 6.45) is -4.50. The van der Waals surface area contributed by atoms with Gasteiger partial charge in [0.25, 0.3) is 5.91 Å². The minimum Gasteiger partial charge on any atom is -0.380 e. The second-order valence-corrected chi connectivity index (χ2v) is 5.83. The van der Waals surface area contributed by atoms with E-state index in [9.17, 15) is 22.8 Å². The summed E-state index contributed by atoms with van der Waals surface area (Å²) in [6.45, 7) is 0.0730. The molecular weight excluding hydrogens is 349 g/mol. The number of alkyl halides is 3. The first-order valence-electron chi connectivity index (χ1n) is 7.83. The van der Waals surface area contributed by atoms with Gasteiger partial charge in [0.05, 0.1) is 5.56 Å². The third-order valence-corrected chi connectivity index (χ3v) is 4.12. The minimum atomic E-state index is -4.50. The van der Waals surface area contributed by atoms with E-state index in [-0.39, 0.29) is 12.1 Å². The van der Waals surface area contributed by atoms with Gasteiger partial charge < -0.3 is 10.2 Å². The Bertz CT molecular complexity index is 809. The van der Waals surface area contributed by atoms with Crippen molar-refractivity contribution in [2.45, 2.75) is 12.1 Å². The van der Waals surface area contributed by atoms with E-state index in [1.165, 1.54) is 12.1 Å². The number of hydrogen-bond donors (Lipinski definition) is 2. The molecule has 0 saturated carbocycles. The molecule has 2 aromatic carbocycles. The van der Waals surface area contributed by atoms with E-state index in [0.29, 0.717) is 5.75 Å². The van der Waals surface area contributed by atoms with Gasteiger partial charge >= 0.3 is 6.18 Å². The van der Waals surface area contributed by atoms with Crippen molar-refractivity contribution in [2.75, 3.05) is 6.54 Å². The monoisotopic (exact) mass is 364 g/mol. The maximum Gasteiger partial charge on any atom is 0.416 e. The molecule has 8 heteroatoms. The number of rotatable bonds is 4. The molecule has 1 aliphatic heterocycles. The summed E-state index contributed by atoms with van der Waals surface area (Å²) in [4.78, 5) is 29.5. The number of carbonyl (C=O) groups is 2. The quantitative estimate of drug-likeness (QED) is 0.647. The summed E-state index contributed by atoms with van der Waals surface area (Å²) >= 11 is 0. The molecule has 0 spiro atoms. The van der Waals surface area contributed by atoms with E-state index < -0.39 is 35.4 Å². The first-order valence-corrected chi connectivity index (χ1v) is 7.83. The van der Waals surface area contributed by atoms with Crippen molar-refractivity contribution in [3.8, 4) is 5.75 Å². The van der Waals surface area contributed by atoms with Crippen molar-refractivity contribution in [2.24, 2.45) is 5.92 Å². The predicted octanol–water partition coefficient (Wildman–Crippen LogP) is 2.65. The Morgan fingerprint density at radius 2 is 1.85 bits per heavy atom. The van der Waals surface area contributed by atoms with E-state index >= 15 is 0 Å². The number of hydrogen-bond acceptors (Lipinski definition) is 3. The second-order valence-electron chi connectivity index (χ2n) is 5.83. The SMILES string of the molecule is O=C1NC[C@H](c2cccc(C(F)(F)F)c2)[C@H]1C(=O)NOc1ccccc1. The molecule has 1 saturated heterocycles. The fourth-order valence-electron chi connectivity index (χ4n) is 2.84. The van der Waals surface area contributed by atoms with Crippen molar-refractivity contribution in [3.05, 3.63) is 65.7 Å². The predicted molar refractivity (Wildman–Crippen MR) is 85.9 cm³/mol. The molecule has 26 heavy (non-hydrogen) atoms. The first-order chi connectivity index (χ1) is 12.4. The number of benzene rings is 2. The van der Waals surface area contributed by atoms with Crippen LogP contribution in [0.15, 0.2) is 54.6 Å². The van der Waals surface area contributed by atoms with Crippen LogP contribution in [-0.4, -0.2) is 18.4 Å². The molecule has 3 rings (SSSR count). The van der Waals surface area contributed by atoms with Crippen LogP contribution in [0.2, 0.25) is 0 Å². The molecule has 2 atom stereocenters. The number of para-hydroxylation sites is 1. The van der Waals surface area contributed by atoms with Crippen molar-refractivity contribution in [3.63, 3.8) is 0 Å². The van der Waals surface area contributed by atoms with Gasteiger partial charge in [0.15, 0.2) is 5.75 Å². The lowest BCUT2D eigenvalue weighted by molar-refractivity contribution is -0.138. The summed E-state index contributed by atoms with van der Waals surface area (Å²) in [5.41, 5.74) is 1.63. The molecule has 0 bridgehead atoms. The zero-order valence-corrected chi connectivity index (χ0v) is 13.4. The number of amides is 2. The van der Waals surface area contributed by atoms with Gasteiger partial charge in [0, 0.05) is 12.5 Å². The highest BCUT2D eigenvalue weighted by molar-refractivity contribution is 6.02. The van der Waals surface area contributed by atoms with Crippen LogP contribution >= 0.6 is 0 Å². The normalized spacial score (nSPS) is 19.7. The molecule has 0 radical (unpaired) electrons. The standard InChI is InChI=1S/C18H15F3N2O3/c19-18(20,21)12-6-4-5-11(9-12)14-10-22-16(24)15(14)17(25)23-26-13-7-2-1-3-8-13/h1-9,14-15H,10H2,(H,22,24)(H,23,25)/t14-,15-/m1/s1. The van der Waals surface area contributed by atoms with Crippen LogP contribution in [0, 0.1) is 5.92 Å². The maximum absolute atomic E-state index is 12.9. The third-order valence-electron chi connectivity index (χ3n) is 4.12. The Morgan fingerprint density at radius 3 is 2.54 bits per heavy atom. The average Bonchev–Trinajstić information content (AvgIpc) is 3.01. The molecule has 1 aliphatic rings. The number of nitrogens with one attached hydrogen (secondary N) is 2. The topological polar surface area (TPSA) is 67.4 Å². The summed E-state index contributed by atoms with van der Waals surface area (Å²) < 4.78 is 38.7. The molecule has 136 valence electrons. The van der Waals surface area contributed by atoms with Gasteiger partial charge in [-0.15, -0.1) is 0 Å². The molecule has 0 aromatic heterocycles. The second kappa shape index (κ2) is 7.07. The Hall–Kier alpha value is -3.03. The molecule has 0 aliphatic carbocycles. The Balaban J connectivity index is 1.77. The lowest BCUT2D eigenvalue weighted by Crippen LogP contribution is -2.38. The molecule has 2 aromatic rings.